The molecule has 0 radical (unpaired) electrons. The van der Waals surface area contributed by atoms with Gasteiger partial charge in [0.15, 0.2) is 0 Å². The van der Waals surface area contributed by atoms with Crippen molar-refractivity contribution in [3.63, 3.8) is 0 Å². The minimum Gasteiger partial charge on any atom is -0.387 e. The molecule has 0 saturated carbocycles. The highest BCUT2D eigenvalue weighted by molar-refractivity contribution is 7.99. The minimum atomic E-state index is -4.46. The molecule has 1 unspecified atom stereocenters. The smallest absolute Gasteiger partial charge is 0.387 e. The molecule has 1 heterocycles. The van der Waals surface area contributed by atoms with Gasteiger partial charge in [-0.15, -0.1) is 0 Å². The molecule has 2 nitrogen and oxygen atoms in total. The van der Waals surface area contributed by atoms with Crippen LogP contribution in [0.5, 0.6) is 0 Å². The molecule has 102 valence electrons. The summed E-state index contributed by atoms with van der Waals surface area (Å²) in [6, 6.07) is 0.895. The van der Waals surface area contributed by atoms with E-state index in [1.165, 1.54) is 11.8 Å². The van der Waals surface area contributed by atoms with Gasteiger partial charge in [-0.05, 0) is 17.7 Å². The molecule has 1 rings (SSSR count). The second-order valence-corrected chi connectivity index (χ2v) is 5.48. The lowest BCUT2D eigenvalue weighted by Crippen LogP contribution is -2.14. The number of aromatic nitrogens is 1. The average Bonchev–Trinajstić information content (AvgIpc) is 2.27. The van der Waals surface area contributed by atoms with E-state index in [2.05, 4.69) is 4.98 Å². The van der Waals surface area contributed by atoms with Gasteiger partial charge in [0.25, 0.3) is 0 Å². The molecule has 0 saturated heterocycles. The summed E-state index contributed by atoms with van der Waals surface area (Å²) in [6.07, 6.45) is -3.43. The summed E-state index contributed by atoms with van der Waals surface area (Å²) in [5, 5.41) is 9.82. The van der Waals surface area contributed by atoms with Crippen molar-refractivity contribution in [2.75, 3.05) is 11.5 Å². The average molecular weight is 279 g/mol. The van der Waals surface area contributed by atoms with Gasteiger partial charge in [-0.2, -0.15) is 24.9 Å². The highest BCUT2D eigenvalue weighted by Gasteiger charge is 2.34. The van der Waals surface area contributed by atoms with E-state index in [0.29, 0.717) is 5.92 Å². The molecule has 0 aromatic carbocycles. The first-order chi connectivity index (χ1) is 8.32. The van der Waals surface area contributed by atoms with E-state index in [1.54, 1.807) is 0 Å². The monoisotopic (exact) mass is 279 g/mol. The molecular formula is C12H16F3NOS. The lowest BCUT2D eigenvalue weighted by atomic mass is 10.1. The molecule has 6 heteroatoms. The molecule has 18 heavy (non-hydrogen) atoms. The van der Waals surface area contributed by atoms with Crippen molar-refractivity contribution in [1.29, 1.82) is 0 Å². The molecule has 1 atom stereocenters. The van der Waals surface area contributed by atoms with Gasteiger partial charge >= 0.3 is 6.18 Å². The van der Waals surface area contributed by atoms with Crippen LogP contribution in [0.4, 0.5) is 13.2 Å². The largest absolute Gasteiger partial charge is 0.416 e. The van der Waals surface area contributed by atoms with E-state index < -0.39 is 17.8 Å². The van der Waals surface area contributed by atoms with Crippen LogP contribution in [-0.2, 0) is 6.18 Å². The van der Waals surface area contributed by atoms with Gasteiger partial charge in [0.05, 0.1) is 11.7 Å². The Bertz CT molecular complexity index is 382. The van der Waals surface area contributed by atoms with Crippen LogP contribution < -0.4 is 0 Å². The fourth-order valence-corrected chi connectivity index (χ4v) is 2.45. The predicted molar refractivity (Wildman–Crippen MR) is 66.4 cm³/mol. The van der Waals surface area contributed by atoms with Gasteiger partial charge in [0, 0.05) is 23.7 Å². The van der Waals surface area contributed by atoms with Crippen molar-refractivity contribution in [2.24, 2.45) is 5.92 Å². The van der Waals surface area contributed by atoms with Gasteiger partial charge < -0.3 is 5.11 Å². The summed E-state index contributed by atoms with van der Waals surface area (Å²) in [7, 11) is 0. The Hall–Kier alpha value is -0.750. The quantitative estimate of drug-likeness (QED) is 0.895. The molecule has 1 aromatic heterocycles. The number of aliphatic hydroxyl groups excluding tert-OH is 1. The SMILES string of the molecule is CC(C)CSCC(O)c1cnccc1C(F)(F)F. The Morgan fingerprint density at radius 2 is 2.00 bits per heavy atom. The number of thioether (sulfide) groups is 1. The Balaban J connectivity index is 2.76. The zero-order valence-electron chi connectivity index (χ0n) is 10.2. The van der Waals surface area contributed by atoms with Crippen LogP contribution in [0.25, 0.3) is 0 Å². The van der Waals surface area contributed by atoms with Crippen molar-refractivity contribution in [3.05, 3.63) is 29.6 Å². The van der Waals surface area contributed by atoms with Gasteiger partial charge in [-0.25, -0.2) is 0 Å². The molecule has 0 aliphatic rings. The van der Waals surface area contributed by atoms with Crippen molar-refractivity contribution in [1.82, 2.24) is 4.98 Å². The number of alkyl halides is 3. The van der Waals surface area contributed by atoms with Crippen LogP contribution in [0.2, 0.25) is 0 Å². The Kier molecular flexibility index (Phi) is 5.47. The number of rotatable bonds is 5. The first kappa shape index (κ1) is 15.3. The summed E-state index contributed by atoms with van der Waals surface area (Å²) in [4.78, 5) is 3.65. The molecule has 0 fully saturated rings. The molecule has 0 spiro atoms. The second kappa shape index (κ2) is 6.43. The Morgan fingerprint density at radius 3 is 2.56 bits per heavy atom. The molecule has 0 bridgehead atoms. The predicted octanol–water partition coefficient (Wildman–Crippen LogP) is 3.52. The van der Waals surface area contributed by atoms with E-state index in [9.17, 15) is 18.3 Å². The summed E-state index contributed by atoms with van der Waals surface area (Å²) in [5.41, 5.74) is -0.962. The molecule has 1 aromatic rings. The van der Waals surface area contributed by atoms with E-state index in [0.717, 1.165) is 24.2 Å². The number of hydrogen-bond acceptors (Lipinski definition) is 3. The molecule has 0 aliphatic heterocycles. The van der Waals surface area contributed by atoms with E-state index in [1.807, 2.05) is 13.8 Å². The van der Waals surface area contributed by atoms with Crippen molar-refractivity contribution in [3.8, 4) is 0 Å². The number of nitrogens with zero attached hydrogens (tertiary/aromatic N) is 1. The van der Waals surface area contributed by atoms with Crippen LogP contribution in [-0.4, -0.2) is 21.6 Å². The highest BCUT2D eigenvalue weighted by atomic mass is 32.2. The molecule has 0 aliphatic carbocycles. The zero-order chi connectivity index (χ0) is 13.8. The van der Waals surface area contributed by atoms with E-state index in [-0.39, 0.29) is 11.3 Å². The molecule has 1 N–H and O–H groups in total. The van der Waals surface area contributed by atoms with Crippen LogP contribution in [0.15, 0.2) is 18.5 Å². The highest BCUT2D eigenvalue weighted by Crippen LogP contribution is 2.34. The molecule has 0 amide bonds. The number of halogens is 3. The van der Waals surface area contributed by atoms with Crippen molar-refractivity contribution < 1.29 is 18.3 Å². The second-order valence-electron chi connectivity index (χ2n) is 4.41. The van der Waals surface area contributed by atoms with Gasteiger partial charge in [-0.3, -0.25) is 4.98 Å². The Morgan fingerprint density at radius 1 is 1.33 bits per heavy atom. The third kappa shape index (κ3) is 4.49. The summed E-state index contributed by atoms with van der Waals surface area (Å²) in [5.74, 6) is 1.49. The maximum Gasteiger partial charge on any atom is 0.416 e. The first-order valence-corrected chi connectivity index (χ1v) is 6.74. The van der Waals surface area contributed by atoms with Crippen LogP contribution in [0.1, 0.15) is 31.1 Å². The fourth-order valence-electron chi connectivity index (χ4n) is 1.44. The van der Waals surface area contributed by atoms with Gasteiger partial charge in [0.2, 0.25) is 0 Å². The topological polar surface area (TPSA) is 33.1 Å². The number of hydrogen-bond donors (Lipinski definition) is 1. The molecular weight excluding hydrogens is 263 g/mol. The minimum absolute atomic E-state index is 0.152. The summed E-state index contributed by atoms with van der Waals surface area (Å²) >= 11 is 1.44. The van der Waals surface area contributed by atoms with Gasteiger partial charge in [0.1, 0.15) is 0 Å². The normalized spacial score (nSPS) is 13.9. The van der Waals surface area contributed by atoms with Crippen LogP contribution in [0, 0.1) is 5.92 Å². The lowest BCUT2D eigenvalue weighted by Gasteiger charge is -2.17. The Labute approximate surface area is 109 Å². The first-order valence-electron chi connectivity index (χ1n) is 5.59. The van der Waals surface area contributed by atoms with Gasteiger partial charge in [-0.1, -0.05) is 13.8 Å². The number of pyridine rings is 1. The summed E-state index contributed by atoms with van der Waals surface area (Å²) < 4.78 is 38.1. The third-order valence-electron chi connectivity index (χ3n) is 2.24. The standard InChI is InChI=1S/C12H16F3NOS/c1-8(2)6-18-7-11(17)9-5-16-4-3-10(9)12(13,14)15/h3-5,8,11,17H,6-7H2,1-2H3. The van der Waals surface area contributed by atoms with Crippen LogP contribution >= 0.6 is 11.8 Å². The fraction of sp³-hybridized carbons (Fsp3) is 0.583. The van der Waals surface area contributed by atoms with Crippen LogP contribution in [0.3, 0.4) is 0 Å². The number of aliphatic hydroxyl groups is 1. The third-order valence-corrected chi connectivity index (χ3v) is 3.70. The van der Waals surface area contributed by atoms with Crippen molar-refractivity contribution in [2.45, 2.75) is 26.1 Å². The summed E-state index contributed by atoms with van der Waals surface area (Å²) in [6.45, 7) is 4.04. The maximum absolute atomic E-state index is 12.7. The maximum atomic E-state index is 12.7. The lowest BCUT2D eigenvalue weighted by molar-refractivity contribution is -0.139. The zero-order valence-corrected chi connectivity index (χ0v) is 11.1. The van der Waals surface area contributed by atoms with E-state index >= 15 is 0 Å². The van der Waals surface area contributed by atoms with Crippen molar-refractivity contribution >= 4 is 11.8 Å². The van der Waals surface area contributed by atoms with E-state index in [4.69, 9.17) is 0 Å².